The number of rotatable bonds is 4. The molecule has 0 radical (unpaired) electrons. The van der Waals surface area contributed by atoms with Gasteiger partial charge in [0.05, 0.1) is 12.4 Å². The van der Waals surface area contributed by atoms with Crippen molar-refractivity contribution in [1.29, 1.82) is 0 Å². The molecule has 2 rings (SSSR count). The molecule has 0 saturated heterocycles. The maximum atomic E-state index is 6.04. The van der Waals surface area contributed by atoms with Crippen molar-refractivity contribution in [2.24, 2.45) is 5.41 Å². The molecule has 17 heavy (non-hydrogen) atoms. The third-order valence-corrected chi connectivity index (χ3v) is 5.44. The van der Waals surface area contributed by atoms with E-state index in [1.165, 1.54) is 0 Å². The topological polar surface area (TPSA) is 27.1 Å². The van der Waals surface area contributed by atoms with Crippen molar-refractivity contribution in [3.05, 3.63) is 12.4 Å². The van der Waals surface area contributed by atoms with Crippen LogP contribution in [0.1, 0.15) is 46.6 Å². The van der Waals surface area contributed by atoms with Gasteiger partial charge in [-0.2, -0.15) is 5.10 Å². The van der Waals surface area contributed by atoms with Gasteiger partial charge in [0.15, 0.2) is 5.75 Å². The lowest BCUT2D eigenvalue weighted by Gasteiger charge is -2.50. The zero-order valence-electron chi connectivity index (χ0n) is 11.0. The van der Waals surface area contributed by atoms with Crippen molar-refractivity contribution in [1.82, 2.24) is 9.78 Å². The number of aromatic nitrogens is 2. The predicted octanol–water partition coefficient (Wildman–Crippen LogP) is 3.79. The van der Waals surface area contributed by atoms with E-state index in [0.29, 0.717) is 17.0 Å². The Hall–Kier alpha value is -0.510. The number of alkyl halides is 1. The smallest absolute Gasteiger partial charge is 0.157 e. The van der Waals surface area contributed by atoms with Crippen LogP contribution < -0.4 is 4.74 Å². The molecule has 4 heteroatoms. The van der Waals surface area contributed by atoms with Crippen molar-refractivity contribution in [2.45, 2.75) is 57.5 Å². The average molecular weight is 301 g/mol. The highest BCUT2D eigenvalue weighted by molar-refractivity contribution is 9.09. The molecule has 1 heterocycles. The van der Waals surface area contributed by atoms with E-state index >= 15 is 0 Å². The third kappa shape index (κ3) is 2.24. The Morgan fingerprint density at radius 3 is 2.82 bits per heavy atom. The van der Waals surface area contributed by atoms with Crippen molar-refractivity contribution >= 4 is 15.9 Å². The SMILES string of the molecule is CCC1(C)C(Br)CC1Oc1cnn(C(C)C)c1. The predicted molar refractivity (Wildman–Crippen MR) is 72.8 cm³/mol. The Morgan fingerprint density at radius 1 is 1.65 bits per heavy atom. The zero-order chi connectivity index (χ0) is 12.6. The van der Waals surface area contributed by atoms with E-state index in [-0.39, 0.29) is 5.41 Å². The lowest BCUT2D eigenvalue weighted by atomic mass is 9.66. The summed E-state index contributed by atoms with van der Waals surface area (Å²) in [6, 6.07) is 0.384. The molecule has 1 aliphatic carbocycles. The molecule has 0 amide bonds. The van der Waals surface area contributed by atoms with Crippen LogP contribution in [0.25, 0.3) is 0 Å². The Kier molecular flexibility index (Phi) is 3.53. The molecule has 3 atom stereocenters. The Labute approximate surface area is 112 Å². The summed E-state index contributed by atoms with van der Waals surface area (Å²) in [5, 5.41) is 4.30. The van der Waals surface area contributed by atoms with Gasteiger partial charge in [-0.3, -0.25) is 4.68 Å². The van der Waals surface area contributed by atoms with Crippen LogP contribution in [0.3, 0.4) is 0 Å². The lowest BCUT2D eigenvalue weighted by Crippen LogP contribution is -2.54. The molecule has 0 N–H and O–H groups in total. The molecule has 1 aliphatic rings. The molecule has 1 fully saturated rings. The van der Waals surface area contributed by atoms with Crippen molar-refractivity contribution in [3.8, 4) is 5.75 Å². The maximum absolute atomic E-state index is 6.04. The summed E-state index contributed by atoms with van der Waals surface area (Å²) < 4.78 is 7.98. The van der Waals surface area contributed by atoms with Gasteiger partial charge < -0.3 is 4.74 Å². The van der Waals surface area contributed by atoms with Crippen LogP contribution in [-0.4, -0.2) is 20.7 Å². The van der Waals surface area contributed by atoms with E-state index < -0.39 is 0 Å². The van der Waals surface area contributed by atoms with Gasteiger partial charge in [0.1, 0.15) is 6.10 Å². The maximum Gasteiger partial charge on any atom is 0.157 e. The van der Waals surface area contributed by atoms with Crippen LogP contribution in [0.15, 0.2) is 12.4 Å². The summed E-state index contributed by atoms with van der Waals surface area (Å²) >= 11 is 3.72. The second-order valence-corrected chi connectivity index (χ2v) is 6.52. The Balaban J connectivity index is 2.02. The normalized spacial score (nSPS) is 32.6. The van der Waals surface area contributed by atoms with E-state index in [4.69, 9.17) is 4.74 Å². The molecule has 1 saturated carbocycles. The second kappa shape index (κ2) is 4.63. The Bertz CT molecular complexity index is 391. The summed E-state index contributed by atoms with van der Waals surface area (Å²) in [5.41, 5.74) is 0.250. The van der Waals surface area contributed by atoms with Gasteiger partial charge in [0, 0.05) is 16.3 Å². The van der Waals surface area contributed by atoms with Gasteiger partial charge in [-0.15, -0.1) is 0 Å². The number of hydrogen-bond acceptors (Lipinski definition) is 2. The molecule has 0 aromatic carbocycles. The van der Waals surface area contributed by atoms with Crippen LogP contribution in [0.5, 0.6) is 5.75 Å². The monoisotopic (exact) mass is 300 g/mol. The van der Waals surface area contributed by atoms with Gasteiger partial charge >= 0.3 is 0 Å². The zero-order valence-corrected chi connectivity index (χ0v) is 12.6. The minimum atomic E-state index is 0.250. The van der Waals surface area contributed by atoms with E-state index in [0.717, 1.165) is 18.6 Å². The quantitative estimate of drug-likeness (QED) is 0.791. The van der Waals surface area contributed by atoms with Crippen molar-refractivity contribution in [3.63, 3.8) is 0 Å². The first-order chi connectivity index (χ1) is 7.97. The third-order valence-electron chi connectivity index (χ3n) is 4.02. The van der Waals surface area contributed by atoms with Crippen molar-refractivity contribution < 1.29 is 4.74 Å². The fraction of sp³-hybridized carbons (Fsp3) is 0.769. The summed E-state index contributed by atoms with van der Waals surface area (Å²) in [6.45, 7) is 8.74. The standard InChI is InChI=1S/C13H21BrN2O/c1-5-13(4)11(14)6-12(13)17-10-7-15-16(8-10)9(2)3/h7-9,11-12H,5-6H2,1-4H3. The largest absolute Gasteiger partial charge is 0.486 e. The number of hydrogen-bond donors (Lipinski definition) is 0. The molecule has 1 aromatic rings. The van der Waals surface area contributed by atoms with Crippen LogP contribution in [-0.2, 0) is 0 Å². The first kappa shape index (κ1) is 12.9. The fourth-order valence-electron chi connectivity index (χ4n) is 2.23. The molecule has 0 spiro atoms. The molecule has 1 aromatic heterocycles. The molecule has 3 unspecified atom stereocenters. The first-order valence-corrected chi connectivity index (χ1v) is 7.23. The average Bonchev–Trinajstić information content (AvgIpc) is 2.76. The number of ether oxygens (including phenoxy) is 1. The van der Waals surface area contributed by atoms with Crippen LogP contribution >= 0.6 is 15.9 Å². The van der Waals surface area contributed by atoms with Gasteiger partial charge in [-0.1, -0.05) is 29.8 Å². The summed E-state index contributed by atoms with van der Waals surface area (Å²) in [6.07, 6.45) is 6.32. The Morgan fingerprint density at radius 2 is 2.35 bits per heavy atom. The second-order valence-electron chi connectivity index (χ2n) is 5.42. The van der Waals surface area contributed by atoms with E-state index in [1.54, 1.807) is 0 Å². The molecule has 0 aliphatic heterocycles. The van der Waals surface area contributed by atoms with E-state index in [2.05, 4.69) is 48.7 Å². The summed E-state index contributed by atoms with van der Waals surface area (Å²) in [4.78, 5) is 0.574. The molecule has 0 bridgehead atoms. The van der Waals surface area contributed by atoms with Gasteiger partial charge in [0.2, 0.25) is 0 Å². The minimum absolute atomic E-state index is 0.250. The lowest BCUT2D eigenvalue weighted by molar-refractivity contribution is -0.0244. The van der Waals surface area contributed by atoms with Crippen LogP contribution in [0, 0.1) is 5.41 Å². The first-order valence-electron chi connectivity index (χ1n) is 6.32. The molecular formula is C13H21BrN2O. The number of nitrogens with zero attached hydrogens (tertiary/aromatic N) is 2. The van der Waals surface area contributed by atoms with E-state index in [9.17, 15) is 0 Å². The highest BCUT2D eigenvalue weighted by atomic mass is 79.9. The van der Waals surface area contributed by atoms with Crippen molar-refractivity contribution in [2.75, 3.05) is 0 Å². The molecular weight excluding hydrogens is 280 g/mol. The van der Waals surface area contributed by atoms with Crippen LogP contribution in [0.4, 0.5) is 0 Å². The molecule has 3 nitrogen and oxygen atoms in total. The fourth-order valence-corrected chi connectivity index (χ4v) is 3.19. The van der Waals surface area contributed by atoms with Gasteiger partial charge in [0.25, 0.3) is 0 Å². The number of halogens is 1. The van der Waals surface area contributed by atoms with Gasteiger partial charge in [-0.25, -0.2) is 0 Å². The minimum Gasteiger partial charge on any atom is -0.486 e. The highest BCUT2D eigenvalue weighted by Gasteiger charge is 2.50. The molecule has 96 valence electrons. The summed E-state index contributed by atoms with van der Waals surface area (Å²) in [5.74, 6) is 0.891. The highest BCUT2D eigenvalue weighted by Crippen LogP contribution is 2.50. The summed E-state index contributed by atoms with van der Waals surface area (Å²) in [7, 11) is 0. The van der Waals surface area contributed by atoms with E-state index in [1.807, 2.05) is 17.1 Å². The van der Waals surface area contributed by atoms with Crippen LogP contribution in [0.2, 0.25) is 0 Å². The van der Waals surface area contributed by atoms with Gasteiger partial charge in [-0.05, 0) is 26.7 Å².